The van der Waals surface area contributed by atoms with Crippen LogP contribution in [-0.4, -0.2) is 36.2 Å². The Bertz CT molecular complexity index is 959. The van der Waals surface area contributed by atoms with Crippen LogP contribution in [0.5, 0.6) is 5.75 Å². The Morgan fingerprint density at radius 1 is 0.964 bits per heavy atom. The molecular formula is C21H19N3O4. The smallest absolute Gasteiger partial charge is 0.358 e. The Labute approximate surface area is 162 Å². The SMILES string of the molecule is COC(=O)c1ccc(N(C)C(=O)c2cccc(OCc3ccccc3)c2)nn1. The zero-order chi connectivity index (χ0) is 19.9. The van der Waals surface area contributed by atoms with Gasteiger partial charge >= 0.3 is 5.97 Å². The predicted octanol–water partition coefficient (Wildman–Crippen LogP) is 3.12. The summed E-state index contributed by atoms with van der Waals surface area (Å²) >= 11 is 0. The summed E-state index contributed by atoms with van der Waals surface area (Å²) in [4.78, 5) is 25.5. The van der Waals surface area contributed by atoms with E-state index in [4.69, 9.17) is 4.74 Å². The molecule has 0 radical (unpaired) electrons. The molecule has 0 saturated carbocycles. The first-order valence-corrected chi connectivity index (χ1v) is 8.55. The molecule has 1 aromatic heterocycles. The molecule has 3 rings (SSSR count). The van der Waals surface area contributed by atoms with Crippen molar-refractivity contribution in [3.8, 4) is 5.75 Å². The van der Waals surface area contributed by atoms with Crippen molar-refractivity contribution in [2.45, 2.75) is 6.61 Å². The van der Waals surface area contributed by atoms with Crippen LogP contribution < -0.4 is 9.64 Å². The molecule has 0 N–H and O–H groups in total. The van der Waals surface area contributed by atoms with Crippen molar-refractivity contribution in [1.82, 2.24) is 10.2 Å². The summed E-state index contributed by atoms with van der Waals surface area (Å²) < 4.78 is 10.4. The van der Waals surface area contributed by atoms with Crippen LogP contribution in [0.25, 0.3) is 0 Å². The van der Waals surface area contributed by atoms with Gasteiger partial charge in [0.15, 0.2) is 11.5 Å². The first-order valence-electron chi connectivity index (χ1n) is 8.55. The summed E-state index contributed by atoms with van der Waals surface area (Å²) in [5.74, 6) is 0.0464. The fourth-order valence-electron chi connectivity index (χ4n) is 2.48. The molecule has 7 heteroatoms. The first kappa shape index (κ1) is 19.0. The molecule has 2 aromatic carbocycles. The minimum atomic E-state index is -0.587. The highest BCUT2D eigenvalue weighted by Gasteiger charge is 2.17. The highest BCUT2D eigenvalue weighted by Crippen LogP contribution is 2.18. The summed E-state index contributed by atoms with van der Waals surface area (Å²) in [5.41, 5.74) is 1.56. The lowest BCUT2D eigenvalue weighted by Gasteiger charge is -2.16. The third-order valence-corrected chi connectivity index (χ3v) is 4.02. The number of ether oxygens (including phenoxy) is 2. The second kappa shape index (κ2) is 8.77. The maximum Gasteiger partial charge on any atom is 0.358 e. The van der Waals surface area contributed by atoms with Gasteiger partial charge in [0.25, 0.3) is 5.91 Å². The maximum atomic E-state index is 12.8. The van der Waals surface area contributed by atoms with Crippen molar-refractivity contribution in [1.29, 1.82) is 0 Å². The van der Waals surface area contributed by atoms with Gasteiger partial charge in [-0.15, -0.1) is 10.2 Å². The van der Waals surface area contributed by atoms with Crippen LogP contribution in [0.1, 0.15) is 26.4 Å². The number of carbonyl (C=O) groups is 2. The van der Waals surface area contributed by atoms with Gasteiger partial charge in [-0.05, 0) is 35.9 Å². The Balaban J connectivity index is 1.70. The molecule has 3 aromatic rings. The van der Waals surface area contributed by atoms with Crippen LogP contribution in [0, 0.1) is 0 Å². The standard InChI is InChI=1S/C21H19N3O4/c1-24(19-12-11-18(22-23-19)21(26)27-2)20(25)16-9-6-10-17(13-16)28-14-15-7-4-3-5-8-15/h3-13H,14H2,1-2H3. The highest BCUT2D eigenvalue weighted by molar-refractivity contribution is 6.05. The van der Waals surface area contributed by atoms with Crippen molar-refractivity contribution >= 4 is 17.7 Å². The summed E-state index contributed by atoms with van der Waals surface area (Å²) in [5, 5.41) is 7.70. The van der Waals surface area contributed by atoms with Crippen molar-refractivity contribution in [2.24, 2.45) is 0 Å². The van der Waals surface area contributed by atoms with E-state index in [0.717, 1.165) is 5.56 Å². The molecule has 0 aliphatic rings. The molecule has 0 aliphatic carbocycles. The molecule has 0 atom stereocenters. The van der Waals surface area contributed by atoms with Crippen LogP contribution >= 0.6 is 0 Å². The van der Waals surface area contributed by atoms with Crippen molar-refractivity contribution in [3.05, 3.63) is 83.6 Å². The van der Waals surface area contributed by atoms with E-state index in [1.807, 2.05) is 30.3 Å². The lowest BCUT2D eigenvalue weighted by Crippen LogP contribution is -2.27. The number of benzene rings is 2. The molecule has 0 spiro atoms. The predicted molar refractivity (Wildman–Crippen MR) is 103 cm³/mol. The van der Waals surface area contributed by atoms with Crippen LogP contribution in [-0.2, 0) is 11.3 Å². The number of nitrogens with zero attached hydrogens (tertiary/aromatic N) is 3. The van der Waals surface area contributed by atoms with E-state index in [0.29, 0.717) is 23.7 Å². The minimum Gasteiger partial charge on any atom is -0.489 e. The van der Waals surface area contributed by atoms with Gasteiger partial charge in [0, 0.05) is 12.6 Å². The average Bonchev–Trinajstić information content (AvgIpc) is 2.77. The molecule has 1 heterocycles. The number of hydrogen-bond donors (Lipinski definition) is 0. The summed E-state index contributed by atoms with van der Waals surface area (Å²) in [6.07, 6.45) is 0. The number of esters is 1. The van der Waals surface area contributed by atoms with Gasteiger partial charge in [-0.3, -0.25) is 9.69 Å². The number of rotatable bonds is 6. The molecule has 7 nitrogen and oxygen atoms in total. The second-order valence-corrected chi connectivity index (χ2v) is 5.93. The van der Waals surface area contributed by atoms with Crippen molar-refractivity contribution in [3.63, 3.8) is 0 Å². The number of anilines is 1. The van der Waals surface area contributed by atoms with Crippen LogP contribution in [0.3, 0.4) is 0 Å². The van der Waals surface area contributed by atoms with Gasteiger partial charge in [0.2, 0.25) is 0 Å². The number of methoxy groups -OCH3 is 1. The fraction of sp³-hybridized carbons (Fsp3) is 0.143. The first-order chi connectivity index (χ1) is 13.6. The molecule has 0 unspecified atom stereocenters. The molecule has 142 valence electrons. The number of hydrogen-bond acceptors (Lipinski definition) is 6. The van der Waals surface area contributed by atoms with Crippen LogP contribution in [0.2, 0.25) is 0 Å². The fourth-order valence-corrected chi connectivity index (χ4v) is 2.48. The topological polar surface area (TPSA) is 81.6 Å². The number of carbonyl (C=O) groups excluding carboxylic acids is 2. The Kier molecular flexibility index (Phi) is 5.96. The number of amides is 1. The quantitative estimate of drug-likeness (QED) is 0.614. The third kappa shape index (κ3) is 4.50. The van der Waals surface area contributed by atoms with Gasteiger partial charge in [0.05, 0.1) is 7.11 Å². The molecule has 0 bridgehead atoms. The molecule has 28 heavy (non-hydrogen) atoms. The second-order valence-electron chi connectivity index (χ2n) is 5.93. The van der Waals surface area contributed by atoms with Gasteiger partial charge < -0.3 is 9.47 Å². The maximum absolute atomic E-state index is 12.8. The third-order valence-electron chi connectivity index (χ3n) is 4.02. The van der Waals surface area contributed by atoms with E-state index < -0.39 is 5.97 Å². The Morgan fingerprint density at radius 2 is 1.75 bits per heavy atom. The van der Waals surface area contributed by atoms with Gasteiger partial charge in [-0.2, -0.15) is 0 Å². The van der Waals surface area contributed by atoms with Crippen molar-refractivity contribution in [2.75, 3.05) is 19.1 Å². The van der Waals surface area contributed by atoms with E-state index in [1.54, 1.807) is 31.3 Å². The molecule has 0 aliphatic heterocycles. The summed E-state index contributed by atoms with van der Waals surface area (Å²) in [6, 6.07) is 19.7. The highest BCUT2D eigenvalue weighted by atomic mass is 16.5. The molecule has 0 saturated heterocycles. The normalized spacial score (nSPS) is 10.2. The van der Waals surface area contributed by atoms with E-state index in [2.05, 4.69) is 14.9 Å². The van der Waals surface area contributed by atoms with E-state index >= 15 is 0 Å². The Hall–Kier alpha value is -3.74. The van der Waals surface area contributed by atoms with E-state index in [-0.39, 0.29) is 11.6 Å². The van der Waals surface area contributed by atoms with Crippen LogP contribution in [0.4, 0.5) is 5.82 Å². The largest absolute Gasteiger partial charge is 0.489 e. The Morgan fingerprint density at radius 3 is 2.43 bits per heavy atom. The lowest BCUT2D eigenvalue weighted by atomic mass is 10.2. The zero-order valence-electron chi connectivity index (χ0n) is 15.5. The number of aromatic nitrogens is 2. The summed E-state index contributed by atoms with van der Waals surface area (Å²) in [6.45, 7) is 0.411. The minimum absolute atomic E-state index is 0.0726. The molecule has 1 amide bonds. The van der Waals surface area contributed by atoms with Gasteiger partial charge in [-0.25, -0.2) is 4.79 Å². The lowest BCUT2D eigenvalue weighted by molar-refractivity contribution is 0.0592. The van der Waals surface area contributed by atoms with Gasteiger partial charge in [-0.1, -0.05) is 36.4 Å². The van der Waals surface area contributed by atoms with Crippen molar-refractivity contribution < 1.29 is 19.1 Å². The van der Waals surface area contributed by atoms with E-state index in [9.17, 15) is 9.59 Å². The average molecular weight is 377 g/mol. The van der Waals surface area contributed by atoms with Crippen LogP contribution in [0.15, 0.2) is 66.7 Å². The zero-order valence-corrected chi connectivity index (χ0v) is 15.5. The monoisotopic (exact) mass is 377 g/mol. The molecule has 0 fully saturated rings. The van der Waals surface area contributed by atoms with E-state index in [1.165, 1.54) is 24.1 Å². The molecular weight excluding hydrogens is 358 g/mol. The summed E-state index contributed by atoms with van der Waals surface area (Å²) in [7, 11) is 2.85. The van der Waals surface area contributed by atoms with Gasteiger partial charge in [0.1, 0.15) is 12.4 Å².